The molecule has 1 aliphatic rings. The molecule has 3 aromatic rings. The number of sulfonamides is 1. The van der Waals surface area contributed by atoms with E-state index >= 15 is 0 Å². The summed E-state index contributed by atoms with van der Waals surface area (Å²) in [4.78, 5) is 9.48. The summed E-state index contributed by atoms with van der Waals surface area (Å²) in [6.45, 7) is 3.54. The fourth-order valence-corrected chi connectivity index (χ4v) is 4.75. The number of anilines is 1. The second kappa shape index (κ2) is 6.36. The maximum absolute atomic E-state index is 11.7. The summed E-state index contributed by atoms with van der Waals surface area (Å²) in [5.41, 5.74) is 1.80. The Morgan fingerprint density at radius 2 is 2.24 bits per heavy atom. The molecule has 0 bridgehead atoms. The van der Waals surface area contributed by atoms with Crippen LogP contribution in [0, 0.1) is 5.92 Å². The molecule has 0 spiro atoms. The molecule has 132 valence electrons. The molecule has 0 aliphatic carbocycles. The third kappa shape index (κ3) is 3.24. The zero-order valence-electron chi connectivity index (χ0n) is 13.7. The summed E-state index contributed by atoms with van der Waals surface area (Å²) in [6.07, 6.45) is 5.39. The van der Waals surface area contributed by atoms with Crippen molar-refractivity contribution in [2.45, 2.75) is 6.92 Å². The lowest BCUT2D eigenvalue weighted by Gasteiger charge is -2.37. The average molecular weight is 378 g/mol. The smallest absolute Gasteiger partial charge is 0.214 e. The van der Waals surface area contributed by atoms with Crippen molar-refractivity contribution < 1.29 is 8.42 Å². The number of nitrogens with one attached hydrogen (secondary N) is 1. The number of rotatable bonds is 6. The van der Waals surface area contributed by atoms with E-state index in [2.05, 4.69) is 20.4 Å². The van der Waals surface area contributed by atoms with Crippen molar-refractivity contribution in [2.75, 3.05) is 30.7 Å². The quantitative estimate of drug-likeness (QED) is 0.700. The third-order valence-electron chi connectivity index (χ3n) is 4.22. The normalized spacial score (nSPS) is 16.2. The lowest BCUT2D eigenvalue weighted by atomic mass is 10.0. The van der Waals surface area contributed by atoms with E-state index in [1.807, 2.05) is 18.3 Å². The second-order valence-electron chi connectivity index (χ2n) is 5.97. The molecule has 1 saturated heterocycles. The molecule has 0 amide bonds. The predicted molar refractivity (Wildman–Crippen MR) is 97.1 cm³/mol. The Balaban J connectivity index is 1.37. The van der Waals surface area contributed by atoms with Gasteiger partial charge < -0.3 is 5.32 Å². The summed E-state index contributed by atoms with van der Waals surface area (Å²) in [6, 6.07) is 3.84. The van der Waals surface area contributed by atoms with Gasteiger partial charge >= 0.3 is 0 Å². The van der Waals surface area contributed by atoms with Gasteiger partial charge in [0.1, 0.15) is 0 Å². The lowest BCUT2D eigenvalue weighted by Crippen LogP contribution is -2.52. The number of imidazole rings is 1. The second-order valence-corrected chi connectivity index (χ2v) is 9.18. The van der Waals surface area contributed by atoms with Gasteiger partial charge in [-0.25, -0.2) is 22.2 Å². The molecule has 1 fully saturated rings. The van der Waals surface area contributed by atoms with Crippen molar-refractivity contribution >= 4 is 31.5 Å². The van der Waals surface area contributed by atoms with Crippen molar-refractivity contribution in [1.29, 1.82) is 0 Å². The molecule has 8 nitrogen and oxygen atoms in total. The number of fused-ring (bicyclic) bond motifs is 1. The fourth-order valence-electron chi connectivity index (χ4n) is 2.72. The first-order valence-electron chi connectivity index (χ1n) is 8.03. The molecule has 25 heavy (non-hydrogen) atoms. The molecule has 4 rings (SSSR count). The van der Waals surface area contributed by atoms with Crippen LogP contribution < -0.4 is 5.32 Å². The van der Waals surface area contributed by atoms with Gasteiger partial charge in [0.2, 0.25) is 20.1 Å². The van der Waals surface area contributed by atoms with Gasteiger partial charge in [-0.3, -0.25) is 4.98 Å². The molecule has 0 radical (unpaired) electrons. The van der Waals surface area contributed by atoms with Crippen LogP contribution in [0.5, 0.6) is 0 Å². The SMILES string of the molecule is CCS(=O)(=O)N1CC(CNc2nn3cc(-c4cccnc4)nc3s2)C1. The van der Waals surface area contributed by atoms with Gasteiger partial charge in [0.25, 0.3) is 0 Å². The molecule has 4 heterocycles. The lowest BCUT2D eigenvalue weighted by molar-refractivity contribution is 0.212. The zero-order chi connectivity index (χ0) is 17.4. The molecule has 0 atom stereocenters. The van der Waals surface area contributed by atoms with Crippen LogP contribution in [0.25, 0.3) is 16.2 Å². The highest BCUT2D eigenvalue weighted by molar-refractivity contribution is 7.89. The van der Waals surface area contributed by atoms with Crippen LogP contribution in [0.3, 0.4) is 0 Å². The van der Waals surface area contributed by atoms with Gasteiger partial charge in [-0.1, -0.05) is 11.3 Å². The molecule has 0 saturated carbocycles. The number of pyridine rings is 1. The first-order chi connectivity index (χ1) is 12.0. The molecule has 1 aliphatic heterocycles. The molecule has 1 N–H and O–H groups in total. The Morgan fingerprint density at radius 1 is 1.40 bits per heavy atom. The summed E-state index contributed by atoms with van der Waals surface area (Å²) < 4.78 is 26.7. The monoisotopic (exact) mass is 378 g/mol. The fraction of sp³-hybridized carbons (Fsp3) is 0.400. The van der Waals surface area contributed by atoms with E-state index in [1.165, 1.54) is 15.6 Å². The largest absolute Gasteiger partial charge is 0.360 e. The number of nitrogens with zero attached hydrogens (tertiary/aromatic N) is 5. The molecular formula is C15H18N6O2S2. The number of aromatic nitrogens is 4. The first-order valence-corrected chi connectivity index (χ1v) is 10.5. The molecule has 3 aromatic heterocycles. The van der Waals surface area contributed by atoms with E-state index in [0.717, 1.165) is 21.3 Å². The van der Waals surface area contributed by atoms with Gasteiger partial charge in [-0.2, -0.15) is 0 Å². The number of hydrogen-bond donors (Lipinski definition) is 1. The maximum Gasteiger partial charge on any atom is 0.214 e. The van der Waals surface area contributed by atoms with Crippen LogP contribution >= 0.6 is 11.3 Å². The van der Waals surface area contributed by atoms with Crippen LogP contribution in [0.1, 0.15) is 6.92 Å². The highest BCUT2D eigenvalue weighted by Gasteiger charge is 2.34. The molecular weight excluding hydrogens is 360 g/mol. The zero-order valence-corrected chi connectivity index (χ0v) is 15.3. The average Bonchev–Trinajstić information content (AvgIpc) is 3.12. The van der Waals surface area contributed by atoms with E-state index in [1.54, 1.807) is 23.8 Å². The maximum atomic E-state index is 11.7. The minimum absolute atomic E-state index is 0.163. The Kier molecular flexibility index (Phi) is 4.18. The molecule has 0 unspecified atom stereocenters. The van der Waals surface area contributed by atoms with Gasteiger partial charge in [-0.05, 0) is 19.1 Å². The van der Waals surface area contributed by atoms with Crippen molar-refractivity contribution in [3.63, 3.8) is 0 Å². The van der Waals surface area contributed by atoms with Gasteiger partial charge in [0.05, 0.1) is 17.6 Å². The summed E-state index contributed by atoms with van der Waals surface area (Å²) >= 11 is 1.48. The molecule has 10 heteroatoms. The summed E-state index contributed by atoms with van der Waals surface area (Å²) in [5.74, 6) is 0.485. The minimum atomic E-state index is -3.05. The van der Waals surface area contributed by atoms with E-state index in [0.29, 0.717) is 25.6 Å². The van der Waals surface area contributed by atoms with E-state index in [9.17, 15) is 8.42 Å². The standard InChI is InChI=1S/C15H18N6O2S2/c1-2-25(22,23)20-8-11(9-20)6-17-14-19-21-10-13(18-15(21)24-14)12-4-3-5-16-7-12/h3-5,7,10-11H,2,6,8-9H2,1H3,(H,17,19). The highest BCUT2D eigenvalue weighted by atomic mass is 32.2. The van der Waals surface area contributed by atoms with E-state index in [-0.39, 0.29) is 5.75 Å². The first kappa shape index (κ1) is 16.4. The molecule has 0 aromatic carbocycles. The summed E-state index contributed by atoms with van der Waals surface area (Å²) in [5, 5.41) is 8.56. The van der Waals surface area contributed by atoms with Crippen molar-refractivity contribution in [3.05, 3.63) is 30.7 Å². The Morgan fingerprint density at radius 3 is 2.92 bits per heavy atom. The van der Waals surface area contributed by atoms with Crippen molar-refractivity contribution in [2.24, 2.45) is 5.92 Å². The van der Waals surface area contributed by atoms with Crippen molar-refractivity contribution in [1.82, 2.24) is 23.9 Å². The third-order valence-corrected chi connectivity index (χ3v) is 6.92. The van der Waals surface area contributed by atoms with E-state index in [4.69, 9.17) is 0 Å². The Hall–Kier alpha value is -2.04. The van der Waals surface area contributed by atoms with E-state index < -0.39 is 10.0 Å². The summed E-state index contributed by atoms with van der Waals surface area (Å²) in [7, 11) is -3.05. The number of hydrogen-bond acceptors (Lipinski definition) is 7. The predicted octanol–water partition coefficient (Wildman–Crippen LogP) is 1.55. The Bertz CT molecular complexity index is 945. The van der Waals surface area contributed by atoms with Crippen LogP contribution in [0.2, 0.25) is 0 Å². The van der Waals surface area contributed by atoms with Gasteiger partial charge in [0, 0.05) is 43.5 Å². The Labute approximate surface area is 149 Å². The highest BCUT2D eigenvalue weighted by Crippen LogP contribution is 2.25. The van der Waals surface area contributed by atoms with Crippen LogP contribution in [-0.4, -0.2) is 57.7 Å². The van der Waals surface area contributed by atoms with Gasteiger partial charge in [-0.15, -0.1) is 5.10 Å². The van der Waals surface area contributed by atoms with Crippen LogP contribution in [0.4, 0.5) is 5.13 Å². The van der Waals surface area contributed by atoms with Crippen molar-refractivity contribution in [3.8, 4) is 11.3 Å². The van der Waals surface area contributed by atoms with Crippen LogP contribution in [-0.2, 0) is 10.0 Å². The van der Waals surface area contributed by atoms with Crippen LogP contribution in [0.15, 0.2) is 30.7 Å². The minimum Gasteiger partial charge on any atom is -0.360 e. The van der Waals surface area contributed by atoms with Gasteiger partial charge in [0.15, 0.2) is 0 Å². The topological polar surface area (TPSA) is 92.5 Å².